The number of benzene rings is 2. The molecule has 0 aliphatic heterocycles. The first-order chi connectivity index (χ1) is 10.4. The molecule has 0 radical (unpaired) electrons. The quantitative estimate of drug-likeness (QED) is 0.890. The lowest BCUT2D eigenvalue weighted by molar-refractivity contribution is 0.363. The van der Waals surface area contributed by atoms with E-state index in [0.717, 1.165) is 11.1 Å². The van der Waals surface area contributed by atoms with Crippen LogP contribution in [0.15, 0.2) is 59.5 Å². The summed E-state index contributed by atoms with van der Waals surface area (Å²) in [7, 11) is 0.307. The van der Waals surface area contributed by atoms with Crippen LogP contribution in [0.3, 0.4) is 0 Å². The molecule has 0 spiro atoms. The molecular weight excluding hydrogens is 296 g/mol. The van der Waals surface area contributed by atoms with Gasteiger partial charge in [-0.1, -0.05) is 48.0 Å². The van der Waals surface area contributed by atoms with Crippen LogP contribution < -0.4 is 4.72 Å². The molecule has 1 N–H and O–H groups in total. The van der Waals surface area contributed by atoms with Gasteiger partial charge in [-0.15, -0.1) is 0 Å². The van der Waals surface area contributed by atoms with Crippen LogP contribution >= 0.6 is 0 Å². The van der Waals surface area contributed by atoms with Crippen molar-refractivity contribution in [2.24, 2.45) is 0 Å². The van der Waals surface area contributed by atoms with Gasteiger partial charge in [-0.3, -0.25) is 0 Å². The Balaban J connectivity index is 2.28. The van der Waals surface area contributed by atoms with Crippen LogP contribution in [0, 0.1) is 6.92 Å². The highest BCUT2D eigenvalue weighted by atomic mass is 32.2. The fraction of sp³-hybridized carbons (Fsp3) is 0.294. The van der Waals surface area contributed by atoms with Crippen LogP contribution in [-0.4, -0.2) is 34.0 Å². The highest BCUT2D eigenvalue weighted by molar-refractivity contribution is 7.89. The van der Waals surface area contributed by atoms with Crippen molar-refractivity contribution in [3.05, 3.63) is 65.7 Å². The third-order valence-electron chi connectivity index (χ3n) is 3.38. The van der Waals surface area contributed by atoms with Crippen LogP contribution in [0.1, 0.15) is 17.2 Å². The van der Waals surface area contributed by atoms with Crippen molar-refractivity contribution in [2.45, 2.75) is 17.9 Å². The molecule has 0 aliphatic rings. The second-order valence-electron chi connectivity index (χ2n) is 5.66. The Kier molecular flexibility index (Phi) is 5.34. The molecular formula is C17H22N2O2S. The second-order valence-corrected chi connectivity index (χ2v) is 7.37. The average Bonchev–Trinajstić information content (AvgIpc) is 2.47. The van der Waals surface area contributed by atoms with E-state index in [0.29, 0.717) is 6.54 Å². The zero-order valence-electron chi connectivity index (χ0n) is 13.2. The highest BCUT2D eigenvalue weighted by Crippen LogP contribution is 2.18. The zero-order chi connectivity index (χ0) is 16.2. The molecule has 0 saturated heterocycles. The molecule has 1 unspecified atom stereocenters. The second kappa shape index (κ2) is 7.05. The molecule has 2 rings (SSSR count). The summed E-state index contributed by atoms with van der Waals surface area (Å²) in [6, 6.07) is 16.2. The topological polar surface area (TPSA) is 49.4 Å². The summed E-state index contributed by atoms with van der Waals surface area (Å²) >= 11 is 0. The third-order valence-corrected chi connectivity index (χ3v) is 4.87. The minimum atomic E-state index is -3.55. The van der Waals surface area contributed by atoms with Crippen molar-refractivity contribution in [3.8, 4) is 0 Å². The van der Waals surface area contributed by atoms with E-state index >= 15 is 0 Å². The Hall–Kier alpha value is -1.69. The van der Waals surface area contributed by atoms with Crippen molar-refractivity contribution in [3.63, 3.8) is 0 Å². The maximum Gasteiger partial charge on any atom is 0.241 e. The number of hydrogen-bond acceptors (Lipinski definition) is 3. The van der Waals surface area contributed by atoms with Crippen LogP contribution in [0.25, 0.3) is 0 Å². The van der Waals surface area contributed by atoms with Crippen molar-refractivity contribution < 1.29 is 8.42 Å². The summed E-state index contributed by atoms with van der Waals surface area (Å²) in [5.41, 5.74) is 1.98. The van der Waals surface area contributed by atoms with Crippen LogP contribution in [0.4, 0.5) is 0 Å². The molecule has 0 aromatic heterocycles. The number of rotatable bonds is 6. The molecule has 22 heavy (non-hydrogen) atoms. The Morgan fingerprint density at radius 2 is 1.59 bits per heavy atom. The van der Waals surface area contributed by atoms with Gasteiger partial charge >= 0.3 is 0 Å². The Labute approximate surface area is 132 Å². The Morgan fingerprint density at radius 3 is 2.14 bits per heavy atom. The summed E-state index contributed by atoms with van der Waals surface area (Å²) in [6.07, 6.45) is 0. The largest absolute Gasteiger partial charge is 0.307 e. The van der Waals surface area contributed by atoms with E-state index in [4.69, 9.17) is 0 Å². The van der Waals surface area contributed by atoms with Crippen LogP contribution in [0.2, 0.25) is 0 Å². The monoisotopic (exact) mass is 318 g/mol. The standard InChI is InChI=1S/C17H22N2O2S/c1-14-9-11-16(12-10-14)22(20,21)18-17(13-19(2)3)15-7-5-4-6-8-15/h4-12,17-18H,13H2,1-3H3. The van der Waals surface area contributed by atoms with E-state index in [9.17, 15) is 8.42 Å². The first kappa shape index (κ1) is 16.7. The number of nitrogens with one attached hydrogen (secondary N) is 1. The predicted molar refractivity (Wildman–Crippen MR) is 89.2 cm³/mol. The molecule has 0 heterocycles. The van der Waals surface area contributed by atoms with E-state index in [1.165, 1.54) is 0 Å². The van der Waals surface area contributed by atoms with E-state index in [1.807, 2.05) is 56.3 Å². The third kappa shape index (κ3) is 4.40. The van der Waals surface area contributed by atoms with Crippen molar-refractivity contribution in [2.75, 3.05) is 20.6 Å². The van der Waals surface area contributed by atoms with E-state index < -0.39 is 10.0 Å². The molecule has 2 aromatic rings. The SMILES string of the molecule is Cc1ccc(S(=O)(=O)NC(CN(C)C)c2ccccc2)cc1. The number of hydrogen-bond donors (Lipinski definition) is 1. The van der Waals surface area contributed by atoms with Crippen LogP contribution in [0.5, 0.6) is 0 Å². The molecule has 0 aliphatic carbocycles. The Bertz CT molecular complexity index is 695. The smallest absolute Gasteiger partial charge is 0.241 e. The molecule has 4 nitrogen and oxygen atoms in total. The molecule has 0 fully saturated rings. The fourth-order valence-electron chi connectivity index (χ4n) is 2.23. The van der Waals surface area contributed by atoms with Gasteiger partial charge in [0.25, 0.3) is 0 Å². The molecule has 118 valence electrons. The van der Waals surface area contributed by atoms with Crippen molar-refractivity contribution in [1.82, 2.24) is 9.62 Å². The normalized spacial score (nSPS) is 13.3. The summed E-state index contributed by atoms with van der Waals surface area (Å²) in [6.45, 7) is 2.53. The van der Waals surface area contributed by atoms with Crippen molar-refractivity contribution in [1.29, 1.82) is 0 Å². The van der Waals surface area contributed by atoms with Gasteiger partial charge in [0, 0.05) is 6.54 Å². The van der Waals surface area contributed by atoms with Gasteiger partial charge in [0.05, 0.1) is 10.9 Å². The highest BCUT2D eigenvalue weighted by Gasteiger charge is 2.21. The van der Waals surface area contributed by atoms with E-state index in [1.54, 1.807) is 24.3 Å². The molecule has 0 saturated carbocycles. The van der Waals surface area contributed by atoms with E-state index in [-0.39, 0.29) is 10.9 Å². The summed E-state index contributed by atoms with van der Waals surface area (Å²) < 4.78 is 28.0. The van der Waals surface area contributed by atoms with Gasteiger partial charge in [-0.05, 0) is 38.7 Å². The first-order valence-corrected chi connectivity index (χ1v) is 8.65. The average molecular weight is 318 g/mol. The molecule has 2 aromatic carbocycles. The van der Waals surface area contributed by atoms with Crippen molar-refractivity contribution >= 4 is 10.0 Å². The minimum absolute atomic E-state index is 0.289. The minimum Gasteiger partial charge on any atom is -0.307 e. The molecule has 1 atom stereocenters. The van der Waals surface area contributed by atoms with Gasteiger partial charge in [-0.2, -0.15) is 0 Å². The van der Waals surface area contributed by atoms with Crippen LogP contribution in [-0.2, 0) is 10.0 Å². The summed E-state index contributed by atoms with van der Waals surface area (Å²) in [5.74, 6) is 0. The number of nitrogens with zero attached hydrogens (tertiary/aromatic N) is 1. The lowest BCUT2D eigenvalue weighted by Crippen LogP contribution is -2.35. The number of aryl methyl sites for hydroxylation is 1. The van der Waals surface area contributed by atoms with Gasteiger partial charge in [0.15, 0.2) is 0 Å². The summed E-state index contributed by atoms with van der Waals surface area (Å²) in [4.78, 5) is 2.26. The van der Waals surface area contributed by atoms with Gasteiger partial charge in [0.2, 0.25) is 10.0 Å². The summed E-state index contributed by atoms with van der Waals surface area (Å²) in [5, 5.41) is 0. The molecule has 5 heteroatoms. The zero-order valence-corrected chi connectivity index (χ0v) is 14.0. The fourth-order valence-corrected chi connectivity index (χ4v) is 3.45. The molecule has 0 bridgehead atoms. The lowest BCUT2D eigenvalue weighted by atomic mass is 10.1. The van der Waals surface area contributed by atoms with Gasteiger partial charge in [0.1, 0.15) is 0 Å². The lowest BCUT2D eigenvalue weighted by Gasteiger charge is -2.22. The van der Waals surface area contributed by atoms with Gasteiger partial charge in [-0.25, -0.2) is 13.1 Å². The predicted octanol–water partition coefficient (Wildman–Crippen LogP) is 2.58. The molecule has 0 amide bonds. The van der Waals surface area contributed by atoms with Gasteiger partial charge < -0.3 is 4.90 Å². The maximum atomic E-state index is 12.6. The Morgan fingerprint density at radius 1 is 1.00 bits per heavy atom. The maximum absolute atomic E-state index is 12.6. The number of sulfonamides is 1. The number of likely N-dealkylation sites (N-methyl/N-ethyl adjacent to an activating group) is 1. The first-order valence-electron chi connectivity index (χ1n) is 7.17. The van der Waals surface area contributed by atoms with E-state index in [2.05, 4.69) is 4.72 Å².